The molecule has 0 radical (unpaired) electrons. The summed E-state index contributed by atoms with van der Waals surface area (Å²) in [5.41, 5.74) is 1.48. The summed E-state index contributed by atoms with van der Waals surface area (Å²) in [5, 5.41) is 6.04. The maximum Gasteiger partial charge on any atom is 0.308 e. The molecule has 24 heavy (non-hydrogen) atoms. The normalized spacial score (nSPS) is 20.2. The largest absolute Gasteiger partial charge is 0.495 e. The van der Waals surface area contributed by atoms with Gasteiger partial charge >= 0.3 is 5.97 Å². The molecule has 2 rings (SSSR count). The Hall–Kier alpha value is -1.76. The summed E-state index contributed by atoms with van der Waals surface area (Å²) in [7, 11) is 4.78. The second kappa shape index (κ2) is 8.37. The molecule has 0 aliphatic heterocycles. The first-order valence-electron chi connectivity index (χ1n) is 7.94. The van der Waals surface area contributed by atoms with Crippen LogP contribution in [0.15, 0.2) is 16.6 Å². The van der Waals surface area contributed by atoms with Gasteiger partial charge in [-0.05, 0) is 47.7 Å². The van der Waals surface area contributed by atoms with E-state index in [1.165, 1.54) is 7.11 Å². The average Bonchev–Trinajstić information content (AvgIpc) is 2.62. The van der Waals surface area contributed by atoms with Crippen LogP contribution >= 0.6 is 15.9 Å². The molecule has 132 valence electrons. The molecule has 0 aromatic heterocycles. The molecule has 1 saturated carbocycles. The van der Waals surface area contributed by atoms with Crippen LogP contribution in [0.1, 0.15) is 25.7 Å². The standard InChI is InChI=1S/C17H23BrN2O4/c1-19-13-8-12(18)15(23-2)9-14(13)20-16(21)10-4-6-11(7-5-10)17(22)24-3/h8-11,19H,4-7H2,1-3H3,(H,20,21)/t10-,11-. The van der Waals surface area contributed by atoms with Crippen molar-refractivity contribution in [2.24, 2.45) is 11.8 Å². The smallest absolute Gasteiger partial charge is 0.308 e. The molecule has 1 aliphatic rings. The van der Waals surface area contributed by atoms with E-state index in [9.17, 15) is 9.59 Å². The number of amides is 1. The fourth-order valence-electron chi connectivity index (χ4n) is 3.01. The Morgan fingerprint density at radius 3 is 2.25 bits per heavy atom. The maximum absolute atomic E-state index is 12.6. The Morgan fingerprint density at radius 1 is 1.08 bits per heavy atom. The number of ether oxygens (including phenoxy) is 2. The first kappa shape index (κ1) is 18.6. The number of halogens is 1. The third-order valence-electron chi connectivity index (χ3n) is 4.45. The second-order valence-corrected chi connectivity index (χ2v) is 6.70. The van der Waals surface area contributed by atoms with Crippen molar-refractivity contribution in [3.05, 3.63) is 16.6 Å². The van der Waals surface area contributed by atoms with Gasteiger partial charge in [0, 0.05) is 19.0 Å². The fourth-order valence-corrected chi connectivity index (χ4v) is 3.52. The summed E-state index contributed by atoms with van der Waals surface area (Å²) in [6.07, 6.45) is 2.75. The molecule has 0 saturated heterocycles. The molecule has 7 heteroatoms. The molecular formula is C17H23BrN2O4. The highest BCUT2D eigenvalue weighted by Crippen LogP contribution is 2.36. The van der Waals surface area contributed by atoms with Crippen molar-refractivity contribution >= 4 is 39.2 Å². The van der Waals surface area contributed by atoms with Crippen LogP contribution in [0.3, 0.4) is 0 Å². The predicted octanol–water partition coefficient (Wildman–Crippen LogP) is 3.42. The molecule has 0 unspecified atom stereocenters. The van der Waals surface area contributed by atoms with E-state index in [-0.39, 0.29) is 23.7 Å². The number of benzene rings is 1. The molecule has 1 fully saturated rings. The molecular weight excluding hydrogens is 376 g/mol. The van der Waals surface area contributed by atoms with Gasteiger partial charge in [0.2, 0.25) is 5.91 Å². The van der Waals surface area contributed by atoms with Gasteiger partial charge in [-0.25, -0.2) is 0 Å². The average molecular weight is 399 g/mol. The van der Waals surface area contributed by atoms with Crippen LogP contribution in [0.4, 0.5) is 11.4 Å². The number of hydrogen-bond donors (Lipinski definition) is 2. The van der Waals surface area contributed by atoms with Gasteiger partial charge in [-0.3, -0.25) is 9.59 Å². The Bertz CT molecular complexity index is 613. The van der Waals surface area contributed by atoms with E-state index in [1.54, 1.807) is 20.2 Å². The van der Waals surface area contributed by atoms with Crippen LogP contribution in [0.25, 0.3) is 0 Å². The molecule has 1 aromatic rings. The van der Waals surface area contributed by atoms with Gasteiger partial charge in [0.15, 0.2) is 0 Å². The Labute approximate surface area is 150 Å². The first-order chi connectivity index (χ1) is 11.5. The van der Waals surface area contributed by atoms with E-state index in [4.69, 9.17) is 9.47 Å². The van der Waals surface area contributed by atoms with Gasteiger partial charge in [0.25, 0.3) is 0 Å². The van der Waals surface area contributed by atoms with E-state index in [1.807, 2.05) is 6.07 Å². The van der Waals surface area contributed by atoms with Gasteiger partial charge in [0.1, 0.15) is 5.75 Å². The molecule has 1 amide bonds. The molecule has 0 atom stereocenters. The number of esters is 1. The van der Waals surface area contributed by atoms with Gasteiger partial charge < -0.3 is 20.1 Å². The number of carbonyl (C=O) groups excluding carboxylic acids is 2. The zero-order valence-electron chi connectivity index (χ0n) is 14.1. The summed E-state index contributed by atoms with van der Waals surface area (Å²) in [6, 6.07) is 3.65. The summed E-state index contributed by atoms with van der Waals surface area (Å²) in [6.45, 7) is 0. The third-order valence-corrected chi connectivity index (χ3v) is 5.07. The zero-order chi connectivity index (χ0) is 17.7. The van der Waals surface area contributed by atoms with Crippen molar-refractivity contribution in [1.82, 2.24) is 0 Å². The summed E-state index contributed by atoms with van der Waals surface area (Å²) in [5.74, 6) is 0.270. The van der Waals surface area contributed by atoms with E-state index < -0.39 is 0 Å². The lowest BCUT2D eigenvalue weighted by molar-refractivity contribution is -0.147. The van der Waals surface area contributed by atoms with Crippen LogP contribution in [-0.2, 0) is 14.3 Å². The highest BCUT2D eigenvalue weighted by atomic mass is 79.9. The summed E-state index contributed by atoms with van der Waals surface area (Å²) in [4.78, 5) is 24.1. The summed E-state index contributed by atoms with van der Waals surface area (Å²) >= 11 is 3.43. The van der Waals surface area contributed by atoms with E-state index in [0.29, 0.717) is 37.1 Å². The minimum Gasteiger partial charge on any atom is -0.495 e. The molecule has 0 bridgehead atoms. The third kappa shape index (κ3) is 4.20. The number of anilines is 2. The SMILES string of the molecule is CNc1cc(Br)c(OC)cc1NC(=O)[C@H]1CC[C@H](C(=O)OC)CC1. The Morgan fingerprint density at radius 2 is 1.71 bits per heavy atom. The molecule has 1 aromatic carbocycles. The van der Waals surface area contributed by atoms with Crippen molar-refractivity contribution in [3.8, 4) is 5.75 Å². The van der Waals surface area contributed by atoms with E-state index >= 15 is 0 Å². The lowest BCUT2D eigenvalue weighted by atomic mass is 9.81. The number of rotatable bonds is 5. The van der Waals surface area contributed by atoms with Crippen molar-refractivity contribution in [1.29, 1.82) is 0 Å². The minimum atomic E-state index is -0.177. The van der Waals surface area contributed by atoms with Gasteiger partial charge in [-0.2, -0.15) is 0 Å². The van der Waals surface area contributed by atoms with Gasteiger partial charge in [0.05, 0.1) is 36.0 Å². The van der Waals surface area contributed by atoms with Crippen LogP contribution in [0.2, 0.25) is 0 Å². The monoisotopic (exact) mass is 398 g/mol. The number of hydrogen-bond acceptors (Lipinski definition) is 5. The first-order valence-corrected chi connectivity index (χ1v) is 8.73. The molecule has 2 N–H and O–H groups in total. The Balaban J connectivity index is 2.04. The van der Waals surface area contributed by atoms with Crippen molar-refractivity contribution in [3.63, 3.8) is 0 Å². The molecule has 1 aliphatic carbocycles. The van der Waals surface area contributed by atoms with E-state index in [0.717, 1.165) is 10.2 Å². The second-order valence-electron chi connectivity index (χ2n) is 5.84. The van der Waals surface area contributed by atoms with Gasteiger partial charge in [-0.15, -0.1) is 0 Å². The number of methoxy groups -OCH3 is 2. The Kier molecular flexibility index (Phi) is 6.48. The fraction of sp³-hybridized carbons (Fsp3) is 0.529. The molecule has 0 spiro atoms. The predicted molar refractivity (Wildman–Crippen MR) is 96.3 cm³/mol. The van der Waals surface area contributed by atoms with Gasteiger partial charge in [-0.1, -0.05) is 0 Å². The van der Waals surface area contributed by atoms with Crippen molar-refractivity contribution in [2.45, 2.75) is 25.7 Å². The lowest BCUT2D eigenvalue weighted by Crippen LogP contribution is -2.30. The van der Waals surface area contributed by atoms with E-state index in [2.05, 4.69) is 26.6 Å². The van der Waals surface area contributed by atoms with Crippen LogP contribution in [0, 0.1) is 11.8 Å². The lowest BCUT2D eigenvalue weighted by Gasteiger charge is -2.26. The van der Waals surface area contributed by atoms with Crippen LogP contribution < -0.4 is 15.4 Å². The summed E-state index contributed by atoms with van der Waals surface area (Å²) < 4.78 is 10.9. The topological polar surface area (TPSA) is 76.7 Å². The quantitative estimate of drug-likeness (QED) is 0.743. The molecule has 0 heterocycles. The molecule has 6 nitrogen and oxygen atoms in total. The van der Waals surface area contributed by atoms with Crippen molar-refractivity contribution < 1.29 is 19.1 Å². The zero-order valence-corrected chi connectivity index (χ0v) is 15.7. The minimum absolute atomic E-state index is 0.0285. The van der Waals surface area contributed by atoms with Crippen LogP contribution in [0.5, 0.6) is 5.75 Å². The number of nitrogens with one attached hydrogen (secondary N) is 2. The highest BCUT2D eigenvalue weighted by molar-refractivity contribution is 9.10. The number of carbonyl (C=O) groups is 2. The van der Waals surface area contributed by atoms with Crippen LogP contribution in [-0.4, -0.2) is 33.1 Å². The maximum atomic E-state index is 12.6. The van der Waals surface area contributed by atoms with Crippen molar-refractivity contribution in [2.75, 3.05) is 31.9 Å². The highest BCUT2D eigenvalue weighted by Gasteiger charge is 2.30.